The Bertz CT molecular complexity index is 1160. The van der Waals surface area contributed by atoms with E-state index < -0.39 is 11.1 Å². The van der Waals surface area contributed by atoms with E-state index in [9.17, 15) is 19.2 Å². The van der Waals surface area contributed by atoms with Crippen molar-refractivity contribution in [1.29, 1.82) is 0 Å². The van der Waals surface area contributed by atoms with Gasteiger partial charge in [0.05, 0.1) is 11.2 Å². The van der Waals surface area contributed by atoms with Crippen molar-refractivity contribution >= 4 is 46.9 Å². The van der Waals surface area contributed by atoms with Crippen LogP contribution in [-0.2, 0) is 14.4 Å². The molecule has 2 aliphatic rings. The van der Waals surface area contributed by atoms with Crippen molar-refractivity contribution in [2.24, 2.45) is 0 Å². The number of rotatable bonds is 9. The molecule has 11 heteroatoms. The summed E-state index contributed by atoms with van der Waals surface area (Å²) in [6.07, 6.45) is 6.02. The van der Waals surface area contributed by atoms with Crippen LogP contribution in [0.3, 0.4) is 0 Å². The highest BCUT2D eigenvalue weighted by Gasteiger charge is 2.34. The predicted octanol–water partition coefficient (Wildman–Crippen LogP) is 2.38. The summed E-state index contributed by atoms with van der Waals surface area (Å²) in [6, 6.07) is 8.67. The van der Waals surface area contributed by atoms with Crippen LogP contribution in [0.15, 0.2) is 52.0 Å². The molecule has 1 aromatic heterocycles. The fraction of sp³-hybridized carbons (Fsp3) is 0.217. The van der Waals surface area contributed by atoms with Crippen LogP contribution < -0.4 is 20.1 Å². The highest BCUT2D eigenvalue weighted by atomic mass is 32.2. The molecular formula is C23H21N3O7S. The lowest BCUT2D eigenvalue weighted by Gasteiger charge is -2.13. The van der Waals surface area contributed by atoms with Crippen LogP contribution in [0.25, 0.3) is 12.2 Å². The van der Waals surface area contributed by atoms with Crippen molar-refractivity contribution in [1.82, 2.24) is 15.5 Å². The fourth-order valence-corrected chi connectivity index (χ4v) is 4.01. The Kier molecular flexibility index (Phi) is 7.33. The Balaban J connectivity index is 1.18. The zero-order chi connectivity index (χ0) is 23.9. The molecule has 2 N–H and O–H groups in total. The molecule has 0 saturated carbocycles. The summed E-state index contributed by atoms with van der Waals surface area (Å²) in [7, 11) is 0. The highest BCUT2D eigenvalue weighted by Crippen LogP contribution is 2.36. The monoisotopic (exact) mass is 483 g/mol. The third-order valence-electron chi connectivity index (χ3n) is 4.82. The van der Waals surface area contributed by atoms with E-state index >= 15 is 0 Å². The average Bonchev–Trinajstić information content (AvgIpc) is 3.55. The summed E-state index contributed by atoms with van der Waals surface area (Å²) in [6.45, 7) is 0.455. The molecule has 0 spiro atoms. The van der Waals surface area contributed by atoms with Gasteiger partial charge >= 0.3 is 0 Å². The Morgan fingerprint density at radius 3 is 2.76 bits per heavy atom. The second-order valence-electron chi connectivity index (χ2n) is 7.19. The quantitative estimate of drug-likeness (QED) is 0.521. The van der Waals surface area contributed by atoms with Crippen LogP contribution >= 0.6 is 11.8 Å². The molecule has 0 aliphatic carbocycles. The molecule has 0 unspecified atom stereocenters. The zero-order valence-corrected chi connectivity index (χ0v) is 18.8. The van der Waals surface area contributed by atoms with Crippen molar-refractivity contribution in [3.8, 4) is 11.5 Å². The normalized spacial score (nSPS) is 16.0. The molecule has 1 saturated heterocycles. The molecule has 10 nitrogen and oxygen atoms in total. The van der Waals surface area contributed by atoms with E-state index in [4.69, 9.17) is 13.9 Å². The van der Waals surface area contributed by atoms with Crippen LogP contribution in [0.4, 0.5) is 4.79 Å². The first-order valence-electron chi connectivity index (χ1n) is 10.4. The highest BCUT2D eigenvalue weighted by molar-refractivity contribution is 8.18. The number of fused-ring (bicyclic) bond motifs is 1. The summed E-state index contributed by atoms with van der Waals surface area (Å²) in [5, 5.41) is 4.83. The number of carbonyl (C=O) groups is 4. The second kappa shape index (κ2) is 10.8. The van der Waals surface area contributed by atoms with Crippen LogP contribution in [0.5, 0.6) is 11.5 Å². The van der Waals surface area contributed by atoms with Crippen molar-refractivity contribution in [3.05, 3.63) is 58.9 Å². The van der Waals surface area contributed by atoms with Gasteiger partial charge in [0.25, 0.3) is 11.1 Å². The molecule has 1 aromatic carbocycles. The average molecular weight is 484 g/mol. The van der Waals surface area contributed by atoms with E-state index in [1.165, 1.54) is 18.4 Å². The number of nitrogens with one attached hydrogen (secondary N) is 2. The van der Waals surface area contributed by atoms with E-state index in [2.05, 4.69) is 10.6 Å². The first-order chi connectivity index (χ1) is 16.5. The number of amides is 4. The standard InChI is InChI=1S/C23H21N3O7S/c27-20(6-4-16-2-1-11-31-16)24-8-7-21(28)25-9-10-26-22(29)19(34-23(26)30)13-15-3-5-17-18(12-15)33-14-32-17/h1-6,11-13H,7-10,14H2,(H,24,27)(H,25,28)/b6-4+,19-13+. The minimum Gasteiger partial charge on any atom is -0.465 e. The lowest BCUT2D eigenvalue weighted by atomic mass is 10.2. The molecule has 4 amide bonds. The maximum atomic E-state index is 12.6. The number of furan rings is 1. The van der Waals surface area contributed by atoms with E-state index in [-0.39, 0.29) is 44.7 Å². The van der Waals surface area contributed by atoms with Gasteiger partial charge in [0, 0.05) is 32.1 Å². The minimum atomic E-state index is -0.419. The Hall–Kier alpha value is -3.99. The number of hydrogen-bond donors (Lipinski definition) is 2. The van der Waals surface area contributed by atoms with Gasteiger partial charge in [0.1, 0.15) is 5.76 Å². The summed E-state index contributed by atoms with van der Waals surface area (Å²) in [5.74, 6) is 0.685. The van der Waals surface area contributed by atoms with E-state index in [0.29, 0.717) is 27.7 Å². The first kappa shape index (κ1) is 23.2. The number of hydrogen-bond acceptors (Lipinski definition) is 8. The van der Waals surface area contributed by atoms with Crippen molar-refractivity contribution in [3.63, 3.8) is 0 Å². The Morgan fingerprint density at radius 2 is 1.94 bits per heavy atom. The maximum Gasteiger partial charge on any atom is 0.293 e. The lowest BCUT2D eigenvalue weighted by molar-refractivity contribution is -0.124. The third kappa shape index (κ3) is 5.87. The van der Waals surface area contributed by atoms with Crippen LogP contribution in [0.2, 0.25) is 0 Å². The fourth-order valence-electron chi connectivity index (χ4n) is 3.14. The third-order valence-corrected chi connectivity index (χ3v) is 5.73. The molecule has 2 aromatic rings. The Morgan fingerprint density at radius 1 is 1.09 bits per heavy atom. The summed E-state index contributed by atoms with van der Waals surface area (Å²) < 4.78 is 15.7. The molecule has 0 radical (unpaired) electrons. The molecule has 1 fully saturated rings. The van der Waals surface area contributed by atoms with E-state index in [1.54, 1.807) is 36.4 Å². The number of nitrogens with zero attached hydrogens (tertiary/aromatic N) is 1. The maximum absolute atomic E-state index is 12.6. The number of imide groups is 1. The van der Waals surface area contributed by atoms with Gasteiger partial charge in [0.15, 0.2) is 11.5 Å². The number of thioether (sulfide) groups is 1. The van der Waals surface area contributed by atoms with E-state index in [0.717, 1.165) is 16.7 Å². The summed E-state index contributed by atoms with van der Waals surface area (Å²) in [4.78, 5) is 49.9. The summed E-state index contributed by atoms with van der Waals surface area (Å²) in [5.41, 5.74) is 0.712. The van der Waals surface area contributed by atoms with Gasteiger partial charge in [-0.1, -0.05) is 6.07 Å². The van der Waals surface area contributed by atoms with Gasteiger partial charge < -0.3 is 24.5 Å². The largest absolute Gasteiger partial charge is 0.465 e. The smallest absolute Gasteiger partial charge is 0.293 e. The van der Waals surface area contributed by atoms with Crippen LogP contribution in [0.1, 0.15) is 17.7 Å². The predicted molar refractivity (Wildman–Crippen MR) is 124 cm³/mol. The number of carbonyl (C=O) groups excluding carboxylic acids is 4. The van der Waals surface area contributed by atoms with Crippen molar-refractivity contribution in [2.75, 3.05) is 26.4 Å². The number of ether oxygens (including phenoxy) is 2. The summed E-state index contributed by atoms with van der Waals surface area (Å²) >= 11 is 0.843. The molecular weight excluding hydrogens is 462 g/mol. The van der Waals surface area contributed by atoms with Gasteiger partial charge in [-0.2, -0.15) is 0 Å². The first-order valence-corrected chi connectivity index (χ1v) is 11.2. The van der Waals surface area contributed by atoms with Gasteiger partial charge in [-0.3, -0.25) is 24.1 Å². The van der Waals surface area contributed by atoms with Crippen LogP contribution in [0, 0.1) is 0 Å². The van der Waals surface area contributed by atoms with E-state index in [1.807, 2.05) is 0 Å². The second-order valence-corrected chi connectivity index (χ2v) is 8.18. The topological polar surface area (TPSA) is 127 Å². The van der Waals surface area contributed by atoms with Crippen molar-refractivity contribution in [2.45, 2.75) is 6.42 Å². The molecule has 176 valence electrons. The zero-order valence-electron chi connectivity index (χ0n) is 17.9. The molecule has 0 atom stereocenters. The molecule has 34 heavy (non-hydrogen) atoms. The molecule has 0 bridgehead atoms. The molecule has 2 aliphatic heterocycles. The van der Waals surface area contributed by atoms with Crippen LogP contribution in [-0.4, -0.2) is 54.3 Å². The molecule has 3 heterocycles. The lowest BCUT2D eigenvalue weighted by Crippen LogP contribution is -2.38. The Labute approximate surface area is 198 Å². The van der Waals surface area contributed by atoms with Gasteiger partial charge in [0.2, 0.25) is 18.6 Å². The minimum absolute atomic E-state index is 0.0487. The van der Waals surface area contributed by atoms with Gasteiger partial charge in [-0.15, -0.1) is 0 Å². The number of benzene rings is 1. The SMILES string of the molecule is O=C(/C=C/c1ccco1)NCCC(=O)NCCN1C(=O)S/C(=C/c2ccc3c(c2)OCO3)C1=O. The molecule has 4 rings (SSSR count). The van der Waals surface area contributed by atoms with Crippen molar-refractivity contribution < 1.29 is 33.1 Å². The van der Waals surface area contributed by atoms with Gasteiger partial charge in [-0.25, -0.2) is 0 Å². The van der Waals surface area contributed by atoms with Gasteiger partial charge in [-0.05, 0) is 53.7 Å².